The van der Waals surface area contributed by atoms with Crippen LogP contribution in [0.3, 0.4) is 0 Å². The Balaban J connectivity index is 1.47. The Morgan fingerprint density at radius 2 is 1.87 bits per heavy atom. The van der Waals surface area contributed by atoms with Gasteiger partial charge in [0, 0.05) is 43.8 Å². The van der Waals surface area contributed by atoms with Gasteiger partial charge in [0.05, 0.1) is 5.52 Å². The first kappa shape index (κ1) is 20.3. The number of nitrogens with zero attached hydrogens (tertiary/aromatic N) is 3. The van der Waals surface area contributed by atoms with E-state index in [2.05, 4.69) is 4.98 Å². The number of rotatable bonds is 4. The van der Waals surface area contributed by atoms with Crippen LogP contribution < -0.4 is 0 Å². The molecule has 0 aliphatic carbocycles. The van der Waals surface area contributed by atoms with E-state index < -0.39 is 10.0 Å². The van der Waals surface area contributed by atoms with E-state index in [1.54, 1.807) is 35.4 Å². The molecule has 1 saturated heterocycles. The van der Waals surface area contributed by atoms with Crippen molar-refractivity contribution in [1.82, 2.24) is 14.2 Å². The second kappa shape index (κ2) is 8.04. The number of carbonyl (C=O) groups is 1. The van der Waals surface area contributed by atoms with E-state index in [4.69, 9.17) is 4.42 Å². The maximum atomic E-state index is 13.2. The lowest BCUT2D eigenvalue weighted by Crippen LogP contribution is -2.50. The normalized spacial score (nSPS) is 15.9. The van der Waals surface area contributed by atoms with Crippen LogP contribution in [0.2, 0.25) is 0 Å². The van der Waals surface area contributed by atoms with E-state index >= 15 is 0 Å². The number of hydrogen-bond donors (Lipinski definition) is 0. The van der Waals surface area contributed by atoms with Gasteiger partial charge in [-0.2, -0.15) is 4.31 Å². The summed E-state index contributed by atoms with van der Waals surface area (Å²) in [4.78, 5) is 18.6. The van der Waals surface area contributed by atoms with Crippen molar-refractivity contribution in [3.63, 3.8) is 0 Å². The fraction of sp³-hybridized carbons (Fsp3) is 0.273. The number of fused-ring (bicyclic) bond motifs is 1. The van der Waals surface area contributed by atoms with Crippen LogP contribution in [0.5, 0.6) is 0 Å². The number of hydrogen-bond acceptors (Lipinski definition) is 5. The Morgan fingerprint density at radius 1 is 1.10 bits per heavy atom. The Morgan fingerprint density at radius 3 is 2.57 bits per heavy atom. The van der Waals surface area contributed by atoms with Gasteiger partial charge in [-0.1, -0.05) is 12.1 Å². The van der Waals surface area contributed by atoms with Crippen molar-refractivity contribution in [2.45, 2.75) is 18.7 Å². The third-order valence-electron chi connectivity index (χ3n) is 5.13. The molecule has 1 aliphatic heterocycles. The molecule has 0 saturated carbocycles. The number of furan rings is 1. The molecule has 1 amide bonds. The largest absolute Gasteiger partial charge is 0.462 e. The predicted molar refractivity (Wildman–Crippen MR) is 114 cm³/mol. The van der Waals surface area contributed by atoms with Gasteiger partial charge in [0.2, 0.25) is 15.9 Å². The zero-order valence-corrected chi connectivity index (χ0v) is 17.7. The predicted octanol–water partition coefficient (Wildman–Crippen LogP) is 2.99. The number of aryl methyl sites for hydroxylation is 2. The quantitative estimate of drug-likeness (QED) is 0.600. The Bertz CT molecular complexity index is 1220. The molecular formula is C22H23N3O4S. The van der Waals surface area contributed by atoms with Crippen molar-refractivity contribution in [2.75, 3.05) is 26.2 Å². The summed E-state index contributed by atoms with van der Waals surface area (Å²) in [5.74, 6) is 1.23. The molecule has 0 atom stereocenters. The molecule has 156 valence electrons. The SMILES string of the molecule is Cc1cnc2c(S(=O)(=O)N3CCN(C(=O)/C=C/c4ccc(C)o4)CC3)cccc2c1. The number of benzene rings is 1. The summed E-state index contributed by atoms with van der Waals surface area (Å²) in [6.07, 6.45) is 4.76. The molecule has 2 aromatic heterocycles. The Kier molecular flexibility index (Phi) is 5.44. The molecule has 1 aromatic carbocycles. The first-order valence-electron chi connectivity index (χ1n) is 9.73. The molecule has 4 rings (SSSR count). The highest BCUT2D eigenvalue weighted by molar-refractivity contribution is 7.89. The van der Waals surface area contributed by atoms with Crippen molar-refractivity contribution >= 4 is 32.9 Å². The van der Waals surface area contributed by atoms with Gasteiger partial charge in [-0.3, -0.25) is 9.78 Å². The van der Waals surface area contributed by atoms with Crippen molar-refractivity contribution in [3.8, 4) is 0 Å². The van der Waals surface area contributed by atoms with Crippen molar-refractivity contribution in [2.24, 2.45) is 0 Å². The van der Waals surface area contributed by atoms with Gasteiger partial charge in [-0.05, 0) is 49.8 Å². The zero-order valence-electron chi connectivity index (χ0n) is 16.9. The van der Waals surface area contributed by atoms with Crippen LogP contribution in [0, 0.1) is 13.8 Å². The Hall–Kier alpha value is -2.97. The van der Waals surface area contributed by atoms with E-state index in [-0.39, 0.29) is 23.9 Å². The summed E-state index contributed by atoms with van der Waals surface area (Å²) in [7, 11) is -3.70. The molecular weight excluding hydrogens is 402 g/mol. The Labute approximate surface area is 175 Å². The summed E-state index contributed by atoms with van der Waals surface area (Å²) in [6.45, 7) is 4.90. The standard InChI is InChI=1S/C22H23N3O4S/c1-16-14-18-4-3-5-20(22(18)23-15-16)30(27,28)25-12-10-24(11-13-25)21(26)9-8-19-7-6-17(2)29-19/h3-9,14-15H,10-13H2,1-2H3/b9-8+. The fourth-order valence-electron chi connectivity index (χ4n) is 3.54. The van der Waals surface area contributed by atoms with E-state index in [0.29, 0.717) is 24.4 Å². The summed E-state index contributed by atoms with van der Waals surface area (Å²) in [6, 6.07) is 10.7. The number of carbonyl (C=O) groups excluding carboxylic acids is 1. The molecule has 0 N–H and O–H groups in total. The van der Waals surface area contributed by atoms with E-state index in [9.17, 15) is 13.2 Å². The van der Waals surface area contributed by atoms with Gasteiger partial charge in [-0.15, -0.1) is 0 Å². The molecule has 0 unspecified atom stereocenters. The maximum absolute atomic E-state index is 13.2. The summed E-state index contributed by atoms with van der Waals surface area (Å²) >= 11 is 0. The second-order valence-electron chi connectivity index (χ2n) is 7.35. The number of para-hydroxylation sites is 1. The van der Waals surface area contributed by atoms with Crippen molar-refractivity contribution in [1.29, 1.82) is 0 Å². The second-order valence-corrected chi connectivity index (χ2v) is 9.26. The van der Waals surface area contributed by atoms with E-state index in [1.807, 2.05) is 32.0 Å². The third-order valence-corrected chi connectivity index (χ3v) is 7.06. The molecule has 0 bridgehead atoms. The third kappa shape index (κ3) is 4.01. The average molecular weight is 426 g/mol. The number of sulfonamides is 1. The van der Waals surface area contributed by atoms with Crippen LogP contribution in [-0.4, -0.2) is 54.7 Å². The van der Waals surface area contributed by atoms with Gasteiger partial charge in [0.15, 0.2) is 0 Å². The number of piperazine rings is 1. The van der Waals surface area contributed by atoms with Gasteiger partial charge >= 0.3 is 0 Å². The van der Waals surface area contributed by atoms with E-state index in [0.717, 1.165) is 16.7 Å². The summed E-state index contributed by atoms with van der Waals surface area (Å²) in [5, 5.41) is 0.795. The summed E-state index contributed by atoms with van der Waals surface area (Å²) < 4.78 is 33.3. The highest BCUT2D eigenvalue weighted by Crippen LogP contribution is 2.25. The molecule has 30 heavy (non-hydrogen) atoms. The number of aromatic nitrogens is 1. The average Bonchev–Trinajstić information content (AvgIpc) is 3.16. The lowest BCUT2D eigenvalue weighted by Gasteiger charge is -2.33. The maximum Gasteiger partial charge on any atom is 0.246 e. The lowest BCUT2D eigenvalue weighted by molar-refractivity contribution is -0.127. The van der Waals surface area contributed by atoms with Crippen LogP contribution in [0.1, 0.15) is 17.1 Å². The molecule has 3 heterocycles. The minimum Gasteiger partial charge on any atom is -0.462 e. The minimum atomic E-state index is -3.70. The molecule has 0 spiro atoms. The van der Waals surface area contributed by atoms with Gasteiger partial charge in [0.1, 0.15) is 16.4 Å². The molecule has 1 aliphatic rings. The summed E-state index contributed by atoms with van der Waals surface area (Å²) in [5.41, 5.74) is 1.44. The van der Waals surface area contributed by atoms with Crippen molar-refractivity contribution in [3.05, 3.63) is 65.8 Å². The smallest absolute Gasteiger partial charge is 0.246 e. The first-order valence-corrected chi connectivity index (χ1v) is 11.2. The number of amides is 1. The lowest BCUT2D eigenvalue weighted by atomic mass is 10.2. The minimum absolute atomic E-state index is 0.164. The van der Waals surface area contributed by atoms with Crippen LogP contribution >= 0.6 is 0 Å². The molecule has 7 nitrogen and oxygen atoms in total. The highest BCUT2D eigenvalue weighted by Gasteiger charge is 2.31. The number of pyridine rings is 1. The molecule has 3 aromatic rings. The highest BCUT2D eigenvalue weighted by atomic mass is 32.2. The van der Waals surface area contributed by atoms with Gasteiger partial charge in [-0.25, -0.2) is 8.42 Å². The van der Waals surface area contributed by atoms with Gasteiger partial charge in [0.25, 0.3) is 0 Å². The van der Waals surface area contributed by atoms with Crippen LogP contribution in [0.15, 0.2) is 58.0 Å². The van der Waals surface area contributed by atoms with Crippen LogP contribution in [-0.2, 0) is 14.8 Å². The fourth-order valence-corrected chi connectivity index (χ4v) is 5.13. The molecule has 8 heteroatoms. The van der Waals surface area contributed by atoms with Crippen LogP contribution in [0.25, 0.3) is 17.0 Å². The zero-order chi connectivity index (χ0) is 21.3. The molecule has 1 fully saturated rings. The van der Waals surface area contributed by atoms with E-state index in [1.165, 1.54) is 10.4 Å². The van der Waals surface area contributed by atoms with Crippen LogP contribution in [0.4, 0.5) is 0 Å². The van der Waals surface area contributed by atoms with Crippen molar-refractivity contribution < 1.29 is 17.6 Å². The van der Waals surface area contributed by atoms with Gasteiger partial charge < -0.3 is 9.32 Å². The first-order chi connectivity index (χ1) is 14.3. The monoisotopic (exact) mass is 425 g/mol. The molecule has 0 radical (unpaired) electrons. The topological polar surface area (TPSA) is 83.7 Å².